The summed E-state index contributed by atoms with van der Waals surface area (Å²) < 4.78 is 5.39. The van der Waals surface area contributed by atoms with Gasteiger partial charge in [-0.1, -0.05) is 12.2 Å². The van der Waals surface area contributed by atoms with E-state index in [1.54, 1.807) is 4.90 Å². The van der Waals surface area contributed by atoms with Gasteiger partial charge in [-0.25, -0.2) is 4.79 Å². The van der Waals surface area contributed by atoms with Gasteiger partial charge in [0.1, 0.15) is 5.60 Å². The minimum absolute atomic E-state index is 0.0438. The highest BCUT2D eigenvalue weighted by Crippen LogP contribution is 2.47. The van der Waals surface area contributed by atoms with E-state index in [9.17, 15) is 9.90 Å². The van der Waals surface area contributed by atoms with Crippen LogP contribution in [0.25, 0.3) is 0 Å². The molecule has 18 heavy (non-hydrogen) atoms. The molecular weight excluding hydrogens is 230 g/mol. The zero-order chi connectivity index (χ0) is 13.7. The topological polar surface area (TPSA) is 49.8 Å². The van der Waals surface area contributed by atoms with E-state index in [2.05, 4.69) is 6.58 Å². The molecule has 4 heteroatoms. The van der Waals surface area contributed by atoms with Crippen LogP contribution in [0.1, 0.15) is 40.5 Å². The number of aliphatic hydroxyl groups is 1. The summed E-state index contributed by atoms with van der Waals surface area (Å²) in [7, 11) is 0. The Morgan fingerprint density at radius 1 is 1.44 bits per heavy atom. The summed E-state index contributed by atoms with van der Waals surface area (Å²) in [6.07, 6.45) is 1.03. The Balaban J connectivity index is 2.12. The number of amides is 1. The minimum atomic E-state index is -0.745. The molecule has 0 radical (unpaired) electrons. The van der Waals surface area contributed by atoms with E-state index in [4.69, 9.17) is 4.74 Å². The maximum atomic E-state index is 12.1. The van der Waals surface area contributed by atoms with Crippen molar-refractivity contribution in [2.24, 2.45) is 5.92 Å². The number of ether oxygens (including phenoxy) is 1. The lowest BCUT2D eigenvalue weighted by Gasteiger charge is -2.36. The summed E-state index contributed by atoms with van der Waals surface area (Å²) in [4.78, 5) is 13.8. The predicted molar refractivity (Wildman–Crippen MR) is 69.2 cm³/mol. The lowest BCUT2D eigenvalue weighted by molar-refractivity contribution is -0.00831. The lowest BCUT2D eigenvalue weighted by Crippen LogP contribution is -2.48. The molecule has 0 aromatic carbocycles. The molecule has 3 unspecified atom stereocenters. The molecule has 2 aliphatic rings. The molecule has 1 heterocycles. The number of carbonyl (C=O) groups is 1. The van der Waals surface area contributed by atoms with E-state index in [-0.39, 0.29) is 18.1 Å². The Morgan fingerprint density at radius 3 is 2.50 bits per heavy atom. The number of carbonyl (C=O) groups excluding carboxylic acids is 1. The van der Waals surface area contributed by atoms with Crippen LogP contribution >= 0.6 is 0 Å². The molecule has 4 nitrogen and oxygen atoms in total. The second-order valence-corrected chi connectivity index (χ2v) is 6.76. The highest BCUT2D eigenvalue weighted by atomic mass is 16.6. The van der Waals surface area contributed by atoms with Crippen molar-refractivity contribution in [2.75, 3.05) is 6.54 Å². The normalized spacial score (nSPS) is 34.8. The maximum absolute atomic E-state index is 12.1. The van der Waals surface area contributed by atoms with Gasteiger partial charge in [0.05, 0.1) is 12.1 Å². The number of nitrogens with zero attached hydrogens (tertiary/aromatic N) is 1. The van der Waals surface area contributed by atoms with Crippen LogP contribution < -0.4 is 0 Å². The van der Waals surface area contributed by atoms with Crippen molar-refractivity contribution < 1.29 is 14.6 Å². The molecule has 1 aliphatic carbocycles. The summed E-state index contributed by atoms with van der Waals surface area (Å²) in [6, 6.07) is 0.0438. The summed E-state index contributed by atoms with van der Waals surface area (Å²) in [6.45, 7) is 11.9. The average Bonchev–Trinajstić information content (AvgIpc) is 2.67. The third-order valence-corrected chi connectivity index (χ3v) is 3.78. The van der Waals surface area contributed by atoms with E-state index >= 15 is 0 Å². The number of fused-ring (bicyclic) bond motifs is 2. The predicted octanol–water partition coefficient (Wildman–Crippen LogP) is 2.32. The zero-order valence-corrected chi connectivity index (χ0v) is 11.7. The molecule has 1 N–H and O–H groups in total. The van der Waals surface area contributed by atoms with Crippen molar-refractivity contribution in [1.29, 1.82) is 0 Å². The molecule has 0 aromatic heterocycles. The van der Waals surface area contributed by atoms with Gasteiger partial charge in [0.15, 0.2) is 0 Å². The lowest BCUT2D eigenvalue weighted by atomic mass is 9.91. The van der Waals surface area contributed by atoms with Crippen LogP contribution in [-0.4, -0.2) is 39.9 Å². The van der Waals surface area contributed by atoms with Gasteiger partial charge in [-0.05, 0) is 40.5 Å². The number of likely N-dealkylation sites (tertiary alicyclic amines) is 1. The van der Waals surface area contributed by atoms with Crippen LogP contribution in [0.5, 0.6) is 0 Å². The van der Waals surface area contributed by atoms with Crippen LogP contribution in [-0.2, 0) is 4.74 Å². The quantitative estimate of drug-likeness (QED) is 0.730. The van der Waals surface area contributed by atoms with Crippen molar-refractivity contribution in [1.82, 2.24) is 4.90 Å². The Labute approximate surface area is 109 Å². The van der Waals surface area contributed by atoms with Crippen molar-refractivity contribution >= 4 is 6.09 Å². The molecule has 1 saturated heterocycles. The Morgan fingerprint density at radius 2 is 2.06 bits per heavy atom. The average molecular weight is 253 g/mol. The van der Waals surface area contributed by atoms with Crippen LogP contribution in [0.3, 0.4) is 0 Å². The molecule has 1 saturated carbocycles. The molecule has 102 valence electrons. The minimum Gasteiger partial charge on any atom is -0.444 e. The first-order valence-electron chi connectivity index (χ1n) is 6.49. The molecule has 2 rings (SSSR count). The third-order valence-electron chi connectivity index (χ3n) is 3.78. The van der Waals surface area contributed by atoms with E-state index in [1.165, 1.54) is 0 Å². The summed E-state index contributed by atoms with van der Waals surface area (Å²) in [5.74, 6) is 0.191. The molecule has 0 spiro atoms. The zero-order valence-electron chi connectivity index (χ0n) is 11.7. The Hall–Kier alpha value is -1.03. The molecule has 3 atom stereocenters. The highest BCUT2D eigenvalue weighted by Gasteiger charge is 2.56. The van der Waals surface area contributed by atoms with Gasteiger partial charge in [0.25, 0.3) is 0 Å². The van der Waals surface area contributed by atoms with Crippen LogP contribution in [0.15, 0.2) is 12.2 Å². The first-order chi connectivity index (χ1) is 8.11. The van der Waals surface area contributed by atoms with E-state index in [1.807, 2.05) is 27.7 Å². The van der Waals surface area contributed by atoms with Gasteiger partial charge in [-0.15, -0.1) is 0 Å². The second-order valence-electron chi connectivity index (χ2n) is 6.76. The largest absolute Gasteiger partial charge is 0.444 e. The van der Waals surface area contributed by atoms with Gasteiger partial charge in [0, 0.05) is 12.0 Å². The van der Waals surface area contributed by atoms with Crippen molar-refractivity contribution in [3.63, 3.8) is 0 Å². The number of hydrogen-bond donors (Lipinski definition) is 1. The van der Waals surface area contributed by atoms with Crippen molar-refractivity contribution in [3.8, 4) is 0 Å². The SMILES string of the molecule is C=C(C)C1CC2(O)CC1N(C(=O)OC(C)(C)C)C2. The number of piperidine rings is 1. The fourth-order valence-corrected chi connectivity index (χ4v) is 3.07. The van der Waals surface area contributed by atoms with Crippen molar-refractivity contribution in [3.05, 3.63) is 12.2 Å². The fraction of sp³-hybridized carbons (Fsp3) is 0.786. The molecular formula is C14H23NO3. The Bertz CT molecular complexity index is 385. The summed E-state index contributed by atoms with van der Waals surface area (Å²) in [5, 5.41) is 10.4. The number of rotatable bonds is 1. The maximum Gasteiger partial charge on any atom is 0.410 e. The highest BCUT2D eigenvalue weighted by molar-refractivity contribution is 5.69. The number of hydrogen-bond acceptors (Lipinski definition) is 3. The molecule has 0 aromatic rings. The van der Waals surface area contributed by atoms with E-state index in [0.29, 0.717) is 19.4 Å². The first-order valence-corrected chi connectivity index (χ1v) is 6.49. The van der Waals surface area contributed by atoms with Gasteiger partial charge in [0.2, 0.25) is 0 Å². The molecule has 2 bridgehead atoms. The smallest absolute Gasteiger partial charge is 0.410 e. The molecule has 1 amide bonds. The van der Waals surface area contributed by atoms with E-state index in [0.717, 1.165) is 5.57 Å². The van der Waals surface area contributed by atoms with Gasteiger partial charge < -0.3 is 14.7 Å². The van der Waals surface area contributed by atoms with E-state index < -0.39 is 11.2 Å². The molecule has 2 fully saturated rings. The fourth-order valence-electron chi connectivity index (χ4n) is 3.07. The standard InChI is InChI=1S/C14H23NO3/c1-9(2)10-6-14(17)7-11(10)15(8-14)12(16)18-13(3,4)5/h10-11,17H,1,6-8H2,2-5H3. The number of β-amino-alcohol motifs (C(OH)–C–C–N with tert-alkyl or cyclic N) is 1. The van der Waals surface area contributed by atoms with Gasteiger partial charge >= 0.3 is 6.09 Å². The summed E-state index contributed by atoms with van der Waals surface area (Å²) >= 11 is 0. The van der Waals surface area contributed by atoms with Crippen molar-refractivity contribution in [2.45, 2.75) is 57.8 Å². The Kier molecular flexibility index (Phi) is 2.97. The third kappa shape index (κ3) is 2.39. The second kappa shape index (κ2) is 3.98. The summed E-state index contributed by atoms with van der Waals surface area (Å²) in [5.41, 5.74) is -0.213. The first kappa shape index (κ1) is 13.4. The van der Waals surface area contributed by atoms with Crippen LogP contribution in [0.2, 0.25) is 0 Å². The van der Waals surface area contributed by atoms with Crippen LogP contribution in [0, 0.1) is 5.92 Å². The van der Waals surface area contributed by atoms with Gasteiger partial charge in [-0.2, -0.15) is 0 Å². The van der Waals surface area contributed by atoms with Gasteiger partial charge in [-0.3, -0.25) is 0 Å². The molecule has 1 aliphatic heterocycles. The monoisotopic (exact) mass is 253 g/mol. The van der Waals surface area contributed by atoms with Crippen LogP contribution in [0.4, 0.5) is 4.79 Å².